The summed E-state index contributed by atoms with van der Waals surface area (Å²) in [6.07, 6.45) is 0. The zero-order valence-corrected chi connectivity index (χ0v) is 17.9. The summed E-state index contributed by atoms with van der Waals surface area (Å²) < 4.78 is 18.7. The van der Waals surface area contributed by atoms with E-state index in [1.807, 2.05) is 13.8 Å². The summed E-state index contributed by atoms with van der Waals surface area (Å²) >= 11 is 1.28. The first kappa shape index (κ1) is 20.7. The van der Waals surface area contributed by atoms with E-state index in [0.29, 0.717) is 22.0 Å². The van der Waals surface area contributed by atoms with Crippen LogP contribution in [0.5, 0.6) is 5.75 Å². The number of aliphatic hydroxyl groups excluding tert-OH is 1. The van der Waals surface area contributed by atoms with Gasteiger partial charge >= 0.3 is 5.91 Å². The summed E-state index contributed by atoms with van der Waals surface area (Å²) in [4.78, 5) is 32.7. The molecule has 1 fully saturated rings. The lowest BCUT2D eigenvalue weighted by Gasteiger charge is -2.23. The topological polar surface area (TPSA) is 79.7 Å². The van der Waals surface area contributed by atoms with Gasteiger partial charge in [-0.15, -0.1) is 11.3 Å². The maximum absolute atomic E-state index is 13.6. The van der Waals surface area contributed by atoms with Gasteiger partial charge in [0.2, 0.25) is 0 Å². The van der Waals surface area contributed by atoms with Crippen LogP contribution in [0.2, 0.25) is 0 Å². The molecule has 1 N–H and O–H groups in total. The fraction of sp³-hybridized carbons (Fsp3) is 0.174. The van der Waals surface area contributed by atoms with Gasteiger partial charge in [-0.1, -0.05) is 12.1 Å². The molecule has 0 unspecified atom stereocenters. The number of hydrogen-bond acceptors (Lipinski definition) is 6. The molecule has 3 aromatic rings. The number of ether oxygens (including phenoxy) is 1. The van der Waals surface area contributed by atoms with Gasteiger partial charge in [0, 0.05) is 10.4 Å². The van der Waals surface area contributed by atoms with Crippen molar-refractivity contribution in [1.29, 1.82) is 0 Å². The molecule has 1 aliphatic rings. The van der Waals surface area contributed by atoms with E-state index in [1.54, 1.807) is 24.3 Å². The Bertz CT molecular complexity index is 1180. The molecule has 0 radical (unpaired) electrons. The number of carbonyl (C=O) groups excluding carboxylic acids is 2. The van der Waals surface area contributed by atoms with E-state index in [9.17, 15) is 19.1 Å². The van der Waals surface area contributed by atoms with Gasteiger partial charge < -0.3 is 9.84 Å². The second kappa shape index (κ2) is 7.96. The monoisotopic (exact) mass is 438 g/mol. The Morgan fingerprint density at radius 3 is 2.29 bits per heavy atom. The molecule has 8 heteroatoms. The van der Waals surface area contributed by atoms with Gasteiger partial charge in [0.15, 0.2) is 5.13 Å². The highest BCUT2D eigenvalue weighted by Crippen LogP contribution is 2.43. The van der Waals surface area contributed by atoms with E-state index in [2.05, 4.69) is 4.98 Å². The molecule has 0 spiro atoms. The molecule has 6 nitrogen and oxygen atoms in total. The predicted octanol–water partition coefficient (Wildman–Crippen LogP) is 4.53. The molecule has 0 bridgehead atoms. The summed E-state index contributed by atoms with van der Waals surface area (Å²) in [6.45, 7) is 3.69. The largest absolute Gasteiger partial charge is 0.507 e. The van der Waals surface area contributed by atoms with Gasteiger partial charge in [-0.2, -0.15) is 0 Å². The van der Waals surface area contributed by atoms with Crippen molar-refractivity contribution in [2.45, 2.75) is 19.9 Å². The van der Waals surface area contributed by atoms with Gasteiger partial charge in [-0.05, 0) is 55.8 Å². The van der Waals surface area contributed by atoms with Gasteiger partial charge in [0.25, 0.3) is 5.78 Å². The number of anilines is 1. The average molecular weight is 438 g/mol. The van der Waals surface area contributed by atoms with E-state index in [4.69, 9.17) is 4.74 Å². The number of nitrogens with zero attached hydrogens (tertiary/aromatic N) is 2. The van der Waals surface area contributed by atoms with E-state index in [-0.39, 0.29) is 11.3 Å². The third-order valence-electron chi connectivity index (χ3n) is 5.22. The first-order valence-corrected chi connectivity index (χ1v) is 10.3. The van der Waals surface area contributed by atoms with Crippen LogP contribution in [0.15, 0.2) is 54.1 Å². The Balaban J connectivity index is 1.92. The normalized spacial score (nSPS) is 17.9. The predicted molar refractivity (Wildman–Crippen MR) is 116 cm³/mol. The van der Waals surface area contributed by atoms with Gasteiger partial charge in [-0.3, -0.25) is 14.5 Å². The number of halogens is 1. The quantitative estimate of drug-likeness (QED) is 0.368. The number of amides is 1. The molecular weight excluding hydrogens is 419 g/mol. The molecule has 0 saturated carbocycles. The van der Waals surface area contributed by atoms with Crippen LogP contribution in [-0.2, 0) is 9.59 Å². The van der Waals surface area contributed by atoms with E-state index in [0.717, 1.165) is 10.6 Å². The molecule has 4 rings (SSSR count). The van der Waals surface area contributed by atoms with Crippen LogP contribution in [0.1, 0.15) is 27.7 Å². The Hall–Kier alpha value is -3.52. The lowest BCUT2D eigenvalue weighted by molar-refractivity contribution is -0.132. The Kier molecular flexibility index (Phi) is 5.32. The number of methoxy groups -OCH3 is 1. The molecule has 1 aromatic heterocycles. The fourth-order valence-electron chi connectivity index (χ4n) is 3.45. The zero-order valence-electron chi connectivity index (χ0n) is 17.0. The third-order valence-corrected chi connectivity index (χ3v) is 6.29. The highest BCUT2D eigenvalue weighted by atomic mass is 32.1. The van der Waals surface area contributed by atoms with Crippen molar-refractivity contribution in [2.24, 2.45) is 0 Å². The molecule has 2 aromatic carbocycles. The molecular formula is C23H19FN2O4S. The van der Waals surface area contributed by atoms with E-state index in [1.165, 1.54) is 47.6 Å². The van der Waals surface area contributed by atoms with Crippen molar-refractivity contribution in [3.8, 4) is 5.75 Å². The second-order valence-electron chi connectivity index (χ2n) is 7.09. The van der Waals surface area contributed by atoms with Crippen molar-refractivity contribution in [3.05, 3.63) is 81.6 Å². The maximum Gasteiger partial charge on any atom is 0.301 e. The molecule has 2 heterocycles. The first-order valence-electron chi connectivity index (χ1n) is 9.46. The fourth-order valence-corrected chi connectivity index (χ4v) is 4.39. The molecule has 1 aliphatic heterocycles. The number of thiazole rings is 1. The van der Waals surface area contributed by atoms with Crippen LogP contribution in [-0.4, -0.2) is 28.9 Å². The van der Waals surface area contributed by atoms with Crippen molar-refractivity contribution in [3.63, 3.8) is 0 Å². The first-order chi connectivity index (χ1) is 14.8. The number of ketones is 1. The summed E-state index contributed by atoms with van der Waals surface area (Å²) in [5, 5.41) is 11.4. The summed E-state index contributed by atoms with van der Waals surface area (Å²) in [6, 6.07) is 11.0. The Morgan fingerprint density at radius 1 is 1.10 bits per heavy atom. The van der Waals surface area contributed by atoms with Gasteiger partial charge in [0.05, 0.1) is 24.4 Å². The number of benzene rings is 2. The van der Waals surface area contributed by atoms with Crippen LogP contribution < -0.4 is 9.64 Å². The van der Waals surface area contributed by atoms with Crippen LogP contribution in [0, 0.1) is 19.7 Å². The van der Waals surface area contributed by atoms with Crippen molar-refractivity contribution >= 4 is 33.9 Å². The minimum atomic E-state index is -0.937. The highest BCUT2D eigenvalue weighted by Gasteiger charge is 2.48. The third kappa shape index (κ3) is 3.59. The van der Waals surface area contributed by atoms with Crippen molar-refractivity contribution in [2.75, 3.05) is 12.0 Å². The molecule has 31 heavy (non-hydrogen) atoms. The van der Waals surface area contributed by atoms with Crippen LogP contribution in [0.25, 0.3) is 5.76 Å². The standard InChI is InChI=1S/C23H19FN2O4S/c1-12-13(2)31-23(25-12)26-19(14-4-8-16(24)9-5-14)18(21(28)22(26)29)20(27)15-6-10-17(30-3)11-7-15/h4-11,19,27H,1-3H3/b20-18+/t19-/m1/s1. The van der Waals surface area contributed by atoms with Crippen molar-refractivity contribution in [1.82, 2.24) is 4.98 Å². The van der Waals surface area contributed by atoms with Crippen LogP contribution in [0.3, 0.4) is 0 Å². The summed E-state index contributed by atoms with van der Waals surface area (Å²) in [5.41, 5.74) is 1.51. The van der Waals surface area contributed by atoms with E-state index < -0.39 is 23.5 Å². The average Bonchev–Trinajstić information content (AvgIpc) is 3.23. The molecule has 1 atom stereocenters. The van der Waals surface area contributed by atoms with E-state index >= 15 is 0 Å². The van der Waals surface area contributed by atoms with Gasteiger partial charge in [0.1, 0.15) is 17.3 Å². The SMILES string of the molecule is COc1ccc(/C(O)=C2\C(=O)C(=O)N(c3nc(C)c(C)s3)[C@@H]2c2ccc(F)cc2)cc1. The number of aryl methyl sites for hydroxylation is 2. The highest BCUT2D eigenvalue weighted by molar-refractivity contribution is 7.16. The smallest absolute Gasteiger partial charge is 0.301 e. The lowest BCUT2D eigenvalue weighted by Crippen LogP contribution is -2.29. The number of carbonyl (C=O) groups is 2. The molecule has 158 valence electrons. The van der Waals surface area contributed by atoms with Crippen LogP contribution in [0.4, 0.5) is 9.52 Å². The number of aliphatic hydroxyl groups is 1. The lowest BCUT2D eigenvalue weighted by atomic mass is 9.95. The number of hydrogen-bond donors (Lipinski definition) is 1. The number of aromatic nitrogens is 1. The minimum Gasteiger partial charge on any atom is -0.507 e. The zero-order chi connectivity index (χ0) is 22.3. The molecule has 0 aliphatic carbocycles. The number of rotatable bonds is 4. The van der Waals surface area contributed by atoms with Crippen molar-refractivity contribution < 1.29 is 23.8 Å². The van der Waals surface area contributed by atoms with Gasteiger partial charge in [-0.25, -0.2) is 9.37 Å². The number of Topliss-reactive ketones (excluding diaryl/α,β-unsaturated/α-hetero) is 1. The summed E-state index contributed by atoms with van der Waals surface area (Å²) in [5.74, 6) is -1.80. The molecule has 1 saturated heterocycles. The Labute approximate surface area is 182 Å². The second-order valence-corrected chi connectivity index (χ2v) is 8.27. The maximum atomic E-state index is 13.6. The minimum absolute atomic E-state index is 0.0766. The van der Waals surface area contributed by atoms with Crippen LogP contribution >= 0.6 is 11.3 Å². The summed E-state index contributed by atoms with van der Waals surface area (Å²) in [7, 11) is 1.52. The Morgan fingerprint density at radius 2 is 1.74 bits per heavy atom. The molecule has 1 amide bonds.